The molecular formula is C21H21N5O5. The zero-order valence-corrected chi connectivity index (χ0v) is 17.1. The number of anilines is 1. The number of nitro groups is 1. The summed E-state index contributed by atoms with van der Waals surface area (Å²) >= 11 is 0. The highest BCUT2D eigenvalue weighted by Crippen LogP contribution is 2.34. The smallest absolute Gasteiger partial charge is 0.407 e. The molecule has 1 amide bonds. The van der Waals surface area contributed by atoms with Crippen LogP contribution in [-0.2, 0) is 0 Å². The van der Waals surface area contributed by atoms with Crippen molar-refractivity contribution in [2.45, 2.75) is 13.0 Å². The molecule has 1 aliphatic heterocycles. The first-order chi connectivity index (χ1) is 14.9. The van der Waals surface area contributed by atoms with Gasteiger partial charge in [-0.25, -0.2) is 9.78 Å². The molecule has 0 bridgehead atoms. The Morgan fingerprint density at radius 2 is 2.03 bits per heavy atom. The number of carboxylic acid groups (broad SMARTS) is 1. The molecule has 4 rings (SSSR count). The van der Waals surface area contributed by atoms with Gasteiger partial charge in [-0.2, -0.15) is 0 Å². The molecule has 1 saturated heterocycles. The topological polar surface area (TPSA) is 122 Å². The minimum Gasteiger partial charge on any atom is -0.476 e. The van der Waals surface area contributed by atoms with E-state index in [1.54, 1.807) is 6.20 Å². The number of amides is 1. The first-order valence-corrected chi connectivity index (χ1v) is 9.71. The molecule has 0 spiro atoms. The van der Waals surface area contributed by atoms with Crippen molar-refractivity contribution in [2.24, 2.45) is 0 Å². The van der Waals surface area contributed by atoms with Gasteiger partial charge in [-0.05, 0) is 30.7 Å². The Morgan fingerprint density at radius 3 is 2.71 bits per heavy atom. The third-order valence-corrected chi connectivity index (χ3v) is 5.48. The summed E-state index contributed by atoms with van der Waals surface area (Å²) in [6.07, 6.45) is 2.35. The maximum Gasteiger partial charge on any atom is 0.407 e. The standard InChI is InChI=1S/C21H21N5O5/c1-13-12-24(21(27)28)7-8-25(13)18-5-6-22-17-4-3-14(9-16(17)18)15-10-19(26(29)30)20(31-2)23-11-15/h3-6,9-11,13H,7-8,12H2,1-2H3,(H,27,28)/t13-/m0/s1. The molecule has 1 fully saturated rings. The molecule has 0 saturated carbocycles. The predicted molar refractivity (Wildman–Crippen MR) is 115 cm³/mol. The Kier molecular flexibility index (Phi) is 5.28. The third-order valence-electron chi connectivity index (χ3n) is 5.48. The lowest BCUT2D eigenvalue weighted by Crippen LogP contribution is -2.53. The summed E-state index contributed by atoms with van der Waals surface area (Å²) in [6, 6.07) is 8.98. The van der Waals surface area contributed by atoms with Crippen molar-refractivity contribution >= 4 is 28.4 Å². The minimum absolute atomic E-state index is 0.0113. The molecule has 31 heavy (non-hydrogen) atoms. The minimum atomic E-state index is -0.915. The molecule has 1 aromatic carbocycles. The van der Waals surface area contributed by atoms with Gasteiger partial charge in [0.15, 0.2) is 0 Å². The van der Waals surface area contributed by atoms with Gasteiger partial charge in [0.05, 0.1) is 17.5 Å². The Bertz CT molecular complexity index is 1170. The quantitative estimate of drug-likeness (QED) is 0.500. The second-order valence-electron chi connectivity index (χ2n) is 7.34. The Labute approximate surface area is 177 Å². The average Bonchev–Trinajstić information content (AvgIpc) is 2.77. The van der Waals surface area contributed by atoms with Crippen LogP contribution in [0.2, 0.25) is 0 Å². The molecule has 1 atom stereocenters. The molecule has 160 valence electrons. The number of ether oxygens (including phenoxy) is 1. The monoisotopic (exact) mass is 423 g/mol. The van der Waals surface area contributed by atoms with Crippen molar-refractivity contribution < 1.29 is 19.6 Å². The number of carbonyl (C=O) groups is 1. The first kappa shape index (κ1) is 20.3. The van der Waals surface area contributed by atoms with Crippen molar-refractivity contribution in [2.75, 3.05) is 31.6 Å². The number of piperazine rings is 1. The largest absolute Gasteiger partial charge is 0.476 e. The van der Waals surface area contributed by atoms with E-state index in [1.807, 2.05) is 31.2 Å². The Morgan fingerprint density at radius 1 is 1.23 bits per heavy atom. The maximum absolute atomic E-state index is 11.4. The first-order valence-electron chi connectivity index (χ1n) is 9.71. The SMILES string of the molecule is COc1ncc(-c2ccc3nccc(N4CCN(C(=O)O)C[C@@H]4C)c3c2)cc1[N+](=O)[O-]. The maximum atomic E-state index is 11.4. The molecule has 3 aromatic rings. The highest BCUT2D eigenvalue weighted by molar-refractivity contribution is 5.95. The van der Waals surface area contributed by atoms with Crippen LogP contribution in [-0.4, -0.2) is 63.8 Å². The number of pyridine rings is 2. The van der Waals surface area contributed by atoms with Crippen LogP contribution in [0.25, 0.3) is 22.0 Å². The number of nitrogens with zero attached hydrogens (tertiary/aromatic N) is 5. The van der Waals surface area contributed by atoms with Crippen molar-refractivity contribution in [1.82, 2.24) is 14.9 Å². The van der Waals surface area contributed by atoms with Crippen LogP contribution >= 0.6 is 0 Å². The van der Waals surface area contributed by atoms with E-state index in [2.05, 4.69) is 14.9 Å². The number of aromatic nitrogens is 2. The highest BCUT2D eigenvalue weighted by atomic mass is 16.6. The van der Waals surface area contributed by atoms with Gasteiger partial charge in [0.1, 0.15) is 0 Å². The van der Waals surface area contributed by atoms with Crippen LogP contribution in [0.4, 0.5) is 16.2 Å². The number of hydrogen-bond acceptors (Lipinski definition) is 7. The van der Waals surface area contributed by atoms with E-state index in [-0.39, 0.29) is 17.6 Å². The van der Waals surface area contributed by atoms with Crippen molar-refractivity contribution in [3.63, 3.8) is 0 Å². The van der Waals surface area contributed by atoms with Gasteiger partial charge in [-0.15, -0.1) is 0 Å². The van der Waals surface area contributed by atoms with Crippen molar-refractivity contribution in [3.05, 3.63) is 52.8 Å². The van der Waals surface area contributed by atoms with E-state index in [0.29, 0.717) is 25.2 Å². The van der Waals surface area contributed by atoms with Crippen LogP contribution in [0.1, 0.15) is 6.92 Å². The normalized spacial score (nSPS) is 16.4. The zero-order chi connectivity index (χ0) is 22.1. The fourth-order valence-corrected chi connectivity index (χ4v) is 3.94. The van der Waals surface area contributed by atoms with Crippen LogP contribution < -0.4 is 9.64 Å². The zero-order valence-electron chi connectivity index (χ0n) is 17.1. The van der Waals surface area contributed by atoms with Gasteiger partial charge in [-0.3, -0.25) is 15.1 Å². The van der Waals surface area contributed by atoms with Crippen LogP contribution in [0.5, 0.6) is 5.88 Å². The fourth-order valence-electron chi connectivity index (χ4n) is 3.94. The van der Waals surface area contributed by atoms with Gasteiger partial charge < -0.3 is 19.6 Å². The van der Waals surface area contributed by atoms with E-state index in [1.165, 1.54) is 24.3 Å². The van der Waals surface area contributed by atoms with Crippen LogP contribution in [0.15, 0.2) is 42.7 Å². The number of benzene rings is 1. The second-order valence-corrected chi connectivity index (χ2v) is 7.34. The van der Waals surface area contributed by atoms with E-state index in [4.69, 9.17) is 4.74 Å². The van der Waals surface area contributed by atoms with Crippen molar-refractivity contribution in [1.29, 1.82) is 0 Å². The molecule has 0 unspecified atom stereocenters. The predicted octanol–water partition coefficient (Wildman–Crippen LogP) is 3.40. The van der Waals surface area contributed by atoms with Gasteiger partial charge in [-0.1, -0.05) is 6.07 Å². The van der Waals surface area contributed by atoms with Crippen molar-refractivity contribution in [3.8, 4) is 17.0 Å². The third kappa shape index (κ3) is 3.79. The lowest BCUT2D eigenvalue weighted by molar-refractivity contribution is -0.386. The molecule has 2 aromatic heterocycles. The van der Waals surface area contributed by atoms with Gasteiger partial charge in [0, 0.05) is 60.8 Å². The molecular weight excluding hydrogens is 402 g/mol. The summed E-state index contributed by atoms with van der Waals surface area (Å²) in [6.45, 7) is 3.37. The summed E-state index contributed by atoms with van der Waals surface area (Å²) in [5.41, 5.74) is 2.88. The lowest BCUT2D eigenvalue weighted by Gasteiger charge is -2.40. The summed E-state index contributed by atoms with van der Waals surface area (Å²) in [4.78, 5) is 34.3. The Balaban J connectivity index is 1.76. The molecule has 10 nitrogen and oxygen atoms in total. The summed E-state index contributed by atoms with van der Waals surface area (Å²) in [5.74, 6) is -0.0398. The molecule has 1 N–H and O–H groups in total. The van der Waals surface area contributed by atoms with E-state index in [9.17, 15) is 20.0 Å². The van der Waals surface area contributed by atoms with E-state index in [0.717, 1.165) is 22.2 Å². The molecule has 1 aliphatic rings. The molecule has 3 heterocycles. The highest BCUT2D eigenvalue weighted by Gasteiger charge is 2.27. The number of hydrogen-bond donors (Lipinski definition) is 1. The second kappa shape index (κ2) is 8.05. The summed E-state index contributed by atoms with van der Waals surface area (Å²) < 4.78 is 4.99. The van der Waals surface area contributed by atoms with Gasteiger partial charge >= 0.3 is 11.8 Å². The van der Waals surface area contributed by atoms with Crippen LogP contribution in [0, 0.1) is 10.1 Å². The molecule has 0 aliphatic carbocycles. The summed E-state index contributed by atoms with van der Waals surface area (Å²) in [5, 5.41) is 21.5. The van der Waals surface area contributed by atoms with Gasteiger partial charge in [0.25, 0.3) is 5.88 Å². The average molecular weight is 423 g/mol. The number of methoxy groups -OCH3 is 1. The summed E-state index contributed by atoms with van der Waals surface area (Å²) in [7, 11) is 1.34. The lowest BCUT2D eigenvalue weighted by atomic mass is 10.0. The Hall–Kier alpha value is -3.95. The molecule has 0 radical (unpaired) electrons. The van der Waals surface area contributed by atoms with E-state index < -0.39 is 11.0 Å². The molecule has 10 heteroatoms. The fraction of sp³-hybridized carbons (Fsp3) is 0.286. The van der Waals surface area contributed by atoms with Gasteiger partial charge in [0.2, 0.25) is 0 Å². The number of fused-ring (bicyclic) bond motifs is 1. The van der Waals surface area contributed by atoms with E-state index >= 15 is 0 Å². The number of rotatable bonds is 4. The van der Waals surface area contributed by atoms with Crippen LogP contribution in [0.3, 0.4) is 0 Å².